The van der Waals surface area contributed by atoms with E-state index in [1.54, 1.807) is 12.1 Å². The van der Waals surface area contributed by atoms with Crippen LogP contribution >= 0.6 is 0 Å². The average molecular weight is 442 g/mol. The minimum absolute atomic E-state index is 0.0333. The monoisotopic (exact) mass is 442 g/mol. The number of halogens is 1. The summed E-state index contributed by atoms with van der Waals surface area (Å²) in [5, 5.41) is 3.05. The molecule has 0 aliphatic carbocycles. The Morgan fingerprint density at radius 2 is 1.47 bits per heavy atom. The molecule has 2 aromatic carbocycles. The number of hydrogen-bond acceptors (Lipinski definition) is 5. The van der Waals surface area contributed by atoms with E-state index in [0.29, 0.717) is 41.2 Å². The molecule has 3 atom stereocenters. The van der Waals surface area contributed by atoms with Crippen LogP contribution in [0.4, 0.5) is 4.39 Å². The molecule has 2 aliphatic rings. The third kappa shape index (κ3) is 4.09. The molecule has 7 nitrogen and oxygen atoms in total. The molecule has 2 heterocycles. The third-order valence-corrected chi connectivity index (χ3v) is 6.32. The van der Waals surface area contributed by atoms with Crippen LogP contribution in [0.2, 0.25) is 0 Å². The van der Waals surface area contributed by atoms with Crippen molar-refractivity contribution in [3.63, 3.8) is 0 Å². The zero-order valence-electron chi connectivity index (χ0n) is 18.4. The standard InChI is InChI=1S/C24H27FN2O5/c1-30-20-10-15(11-21(31-2)22(20)32-3)24(29)27-18-8-9-19(27)13-17(12-18)26-23(28)14-4-6-16(25)7-5-14/h4-7,10-11,17-19H,8-9,12-13H2,1-3H3,(H,26,28)/t17?,18-,19+. The predicted molar refractivity (Wildman–Crippen MR) is 116 cm³/mol. The van der Waals surface area contributed by atoms with Crippen molar-refractivity contribution < 1.29 is 28.2 Å². The Morgan fingerprint density at radius 3 is 1.97 bits per heavy atom. The van der Waals surface area contributed by atoms with Gasteiger partial charge in [0.1, 0.15) is 5.82 Å². The summed E-state index contributed by atoms with van der Waals surface area (Å²) >= 11 is 0. The fourth-order valence-corrected chi connectivity index (χ4v) is 4.85. The molecule has 0 spiro atoms. The van der Waals surface area contributed by atoms with Gasteiger partial charge in [0.15, 0.2) is 11.5 Å². The molecule has 1 N–H and O–H groups in total. The summed E-state index contributed by atoms with van der Waals surface area (Å²) in [6, 6.07) is 8.89. The zero-order chi connectivity index (χ0) is 22.8. The van der Waals surface area contributed by atoms with Crippen LogP contribution in [0.3, 0.4) is 0 Å². The number of ether oxygens (including phenoxy) is 3. The van der Waals surface area contributed by atoms with Gasteiger partial charge in [0.25, 0.3) is 11.8 Å². The number of methoxy groups -OCH3 is 3. The number of nitrogens with one attached hydrogen (secondary N) is 1. The van der Waals surface area contributed by atoms with Crippen LogP contribution in [-0.2, 0) is 0 Å². The summed E-state index contributed by atoms with van der Waals surface area (Å²) in [5.41, 5.74) is 0.903. The van der Waals surface area contributed by atoms with Gasteiger partial charge in [-0.15, -0.1) is 0 Å². The lowest BCUT2D eigenvalue weighted by atomic mass is 9.95. The molecule has 1 unspecified atom stereocenters. The van der Waals surface area contributed by atoms with E-state index < -0.39 is 0 Å². The van der Waals surface area contributed by atoms with Gasteiger partial charge in [-0.05, 0) is 62.1 Å². The first-order valence-corrected chi connectivity index (χ1v) is 10.6. The molecular formula is C24H27FN2O5. The summed E-state index contributed by atoms with van der Waals surface area (Å²) in [6.45, 7) is 0. The molecule has 4 rings (SSSR count). The number of carbonyl (C=O) groups is 2. The SMILES string of the molecule is COc1cc(C(=O)N2[C@@H]3CC[C@H]2CC(NC(=O)c2ccc(F)cc2)C3)cc(OC)c1OC. The van der Waals surface area contributed by atoms with Gasteiger partial charge < -0.3 is 24.4 Å². The van der Waals surface area contributed by atoms with Crippen LogP contribution in [0, 0.1) is 5.82 Å². The normalized spacial score (nSPS) is 21.8. The van der Waals surface area contributed by atoms with Gasteiger partial charge in [-0.1, -0.05) is 0 Å². The number of nitrogens with zero attached hydrogens (tertiary/aromatic N) is 1. The highest BCUT2D eigenvalue weighted by Crippen LogP contribution is 2.41. The maximum absolute atomic E-state index is 13.4. The minimum Gasteiger partial charge on any atom is -0.493 e. The summed E-state index contributed by atoms with van der Waals surface area (Å²) < 4.78 is 29.3. The summed E-state index contributed by atoms with van der Waals surface area (Å²) in [4.78, 5) is 27.9. The van der Waals surface area contributed by atoms with Crippen LogP contribution in [0.25, 0.3) is 0 Å². The van der Waals surface area contributed by atoms with Gasteiger partial charge in [0, 0.05) is 29.3 Å². The molecule has 2 aliphatic heterocycles. The summed E-state index contributed by atoms with van der Waals surface area (Å²) in [7, 11) is 4.56. The van der Waals surface area contributed by atoms with Crippen LogP contribution < -0.4 is 19.5 Å². The first-order chi connectivity index (χ1) is 15.4. The number of rotatable bonds is 6. The van der Waals surface area contributed by atoms with Crippen molar-refractivity contribution in [3.05, 3.63) is 53.3 Å². The Hall–Kier alpha value is -3.29. The largest absolute Gasteiger partial charge is 0.493 e. The van der Waals surface area contributed by atoms with E-state index in [2.05, 4.69) is 5.32 Å². The topological polar surface area (TPSA) is 77.1 Å². The van der Waals surface area contributed by atoms with Crippen molar-refractivity contribution >= 4 is 11.8 Å². The number of benzene rings is 2. The van der Waals surface area contributed by atoms with E-state index >= 15 is 0 Å². The van der Waals surface area contributed by atoms with Gasteiger partial charge in [0.2, 0.25) is 5.75 Å². The third-order valence-electron chi connectivity index (χ3n) is 6.32. The lowest BCUT2D eigenvalue weighted by Gasteiger charge is -2.39. The zero-order valence-corrected chi connectivity index (χ0v) is 18.4. The quantitative estimate of drug-likeness (QED) is 0.742. The number of fused-ring (bicyclic) bond motifs is 2. The van der Waals surface area contributed by atoms with Crippen LogP contribution in [0.15, 0.2) is 36.4 Å². The Bertz CT molecular complexity index is 971. The smallest absolute Gasteiger partial charge is 0.254 e. The second kappa shape index (κ2) is 9.06. The van der Waals surface area contributed by atoms with Crippen LogP contribution in [0.1, 0.15) is 46.4 Å². The lowest BCUT2D eigenvalue weighted by Crippen LogP contribution is -2.52. The van der Waals surface area contributed by atoms with E-state index in [1.807, 2.05) is 4.90 Å². The molecule has 2 aromatic rings. The van der Waals surface area contributed by atoms with Gasteiger partial charge in [-0.25, -0.2) is 4.39 Å². The molecule has 2 bridgehead atoms. The minimum atomic E-state index is -0.377. The highest BCUT2D eigenvalue weighted by Gasteiger charge is 2.44. The van der Waals surface area contributed by atoms with Crippen LogP contribution in [-0.4, -0.2) is 56.2 Å². The molecule has 0 radical (unpaired) electrons. The molecule has 32 heavy (non-hydrogen) atoms. The van der Waals surface area contributed by atoms with Crippen LogP contribution in [0.5, 0.6) is 17.2 Å². The molecule has 0 saturated carbocycles. The van der Waals surface area contributed by atoms with Gasteiger partial charge in [-0.3, -0.25) is 9.59 Å². The summed E-state index contributed by atoms with van der Waals surface area (Å²) in [6.07, 6.45) is 3.15. The highest BCUT2D eigenvalue weighted by atomic mass is 19.1. The van der Waals surface area contributed by atoms with Crippen molar-refractivity contribution in [2.24, 2.45) is 0 Å². The van der Waals surface area contributed by atoms with Crippen molar-refractivity contribution in [2.75, 3.05) is 21.3 Å². The van der Waals surface area contributed by atoms with Crippen molar-refractivity contribution in [2.45, 2.75) is 43.8 Å². The predicted octanol–water partition coefficient (Wildman–Crippen LogP) is 3.42. The molecule has 2 fully saturated rings. The second-order valence-electron chi connectivity index (χ2n) is 8.16. The molecule has 0 aromatic heterocycles. The molecule has 170 valence electrons. The lowest BCUT2D eigenvalue weighted by molar-refractivity contribution is 0.0548. The Kier molecular flexibility index (Phi) is 6.21. The molecular weight excluding hydrogens is 415 g/mol. The second-order valence-corrected chi connectivity index (χ2v) is 8.16. The van der Waals surface area contributed by atoms with Gasteiger partial charge in [0.05, 0.1) is 21.3 Å². The first kappa shape index (κ1) is 21.9. The number of hydrogen-bond donors (Lipinski definition) is 1. The van der Waals surface area contributed by atoms with E-state index in [-0.39, 0.29) is 35.8 Å². The average Bonchev–Trinajstić information content (AvgIpc) is 3.07. The molecule has 2 amide bonds. The Morgan fingerprint density at radius 1 is 0.906 bits per heavy atom. The van der Waals surface area contributed by atoms with E-state index in [4.69, 9.17) is 14.2 Å². The Labute approximate surface area is 186 Å². The molecule has 2 saturated heterocycles. The van der Waals surface area contributed by atoms with E-state index in [0.717, 1.165) is 12.8 Å². The van der Waals surface area contributed by atoms with Crippen molar-refractivity contribution in [3.8, 4) is 17.2 Å². The van der Waals surface area contributed by atoms with E-state index in [9.17, 15) is 14.0 Å². The van der Waals surface area contributed by atoms with Crippen molar-refractivity contribution in [1.29, 1.82) is 0 Å². The molecule has 8 heteroatoms. The summed E-state index contributed by atoms with van der Waals surface area (Å²) in [5.74, 6) is 0.627. The number of carbonyl (C=O) groups excluding carboxylic acids is 2. The van der Waals surface area contributed by atoms with Gasteiger partial charge in [-0.2, -0.15) is 0 Å². The number of amides is 2. The van der Waals surface area contributed by atoms with Crippen molar-refractivity contribution in [1.82, 2.24) is 10.2 Å². The Balaban J connectivity index is 1.49. The van der Waals surface area contributed by atoms with Gasteiger partial charge >= 0.3 is 0 Å². The number of piperidine rings is 1. The fourth-order valence-electron chi connectivity index (χ4n) is 4.85. The van der Waals surface area contributed by atoms with E-state index in [1.165, 1.54) is 45.6 Å². The fraction of sp³-hybridized carbons (Fsp3) is 0.417. The maximum Gasteiger partial charge on any atom is 0.254 e. The first-order valence-electron chi connectivity index (χ1n) is 10.6. The highest BCUT2D eigenvalue weighted by molar-refractivity contribution is 5.96. The maximum atomic E-state index is 13.4.